The molecule has 7 nitrogen and oxygen atoms in total. The van der Waals surface area contributed by atoms with Crippen molar-refractivity contribution >= 4 is 45.1 Å². The summed E-state index contributed by atoms with van der Waals surface area (Å²) in [6, 6.07) is 4.58. The number of halogens is 2. The minimum atomic E-state index is -0.643. The van der Waals surface area contributed by atoms with Crippen molar-refractivity contribution in [1.29, 1.82) is 0 Å². The normalized spacial score (nSPS) is 10.2. The van der Waals surface area contributed by atoms with Crippen LogP contribution in [-0.4, -0.2) is 37.7 Å². The highest BCUT2D eigenvalue weighted by Crippen LogP contribution is 2.35. The zero-order valence-electron chi connectivity index (χ0n) is 12.8. The van der Waals surface area contributed by atoms with Gasteiger partial charge in [-0.3, -0.25) is 4.79 Å². The molecule has 128 valence electrons. The molecule has 1 aromatic carbocycles. The fraction of sp³-hybridized carbons (Fsp3) is 0.200. The Morgan fingerprint density at radius 2 is 1.92 bits per heavy atom. The van der Waals surface area contributed by atoms with Crippen LogP contribution in [0.4, 0.5) is 5.69 Å². The predicted octanol–water partition coefficient (Wildman–Crippen LogP) is 3.24. The van der Waals surface area contributed by atoms with Gasteiger partial charge in [0.25, 0.3) is 5.91 Å². The fourth-order valence-corrected chi connectivity index (χ4v) is 2.42. The first-order valence-electron chi connectivity index (χ1n) is 6.67. The largest absolute Gasteiger partial charge is 0.495 e. The molecule has 9 heteroatoms. The molecule has 1 amide bonds. The molecule has 0 aliphatic carbocycles. The van der Waals surface area contributed by atoms with Crippen molar-refractivity contribution in [2.24, 2.45) is 0 Å². The van der Waals surface area contributed by atoms with E-state index in [1.54, 1.807) is 18.3 Å². The van der Waals surface area contributed by atoms with Gasteiger partial charge in [-0.15, -0.1) is 0 Å². The molecule has 2 aromatic rings. The van der Waals surface area contributed by atoms with E-state index in [-0.39, 0.29) is 5.69 Å². The molecule has 0 spiro atoms. The van der Waals surface area contributed by atoms with E-state index in [1.165, 1.54) is 20.3 Å². The minimum Gasteiger partial charge on any atom is -0.495 e. The van der Waals surface area contributed by atoms with Gasteiger partial charge in [0.2, 0.25) is 0 Å². The summed E-state index contributed by atoms with van der Waals surface area (Å²) in [6.07, 6.45) is 1.58. The maximum absolute atomic E-state index is 11.9. The molecule has 0 aliphatic rings. The topological polar surface area (TPSA) is 89.7 Å². The molecule has 0 saturated heterocycles. The Balaban J connectivity index is 1.99. The predicted molar refractivity (Wildman–Crippen MR) is 92.0 cm³/mol. The van der Waals surface area contributed by atoms with Gasteiger partial charge in [0.05, 0.1) is 24.9 Å². The first kappa shape index (κ1) is 18.2. The van der Waals surface area contributed by atoms with Crippen molar-refractivity contribution in [1.82, 2.24) is 4.98 Å². The average molecular weight is 418 g/mol. The highest BCUT2D eigenvalue weighted by molar-refractivity contribution is 9.10. The number of H-pyrrole nitrogens is 1. The summed E-state index contributed by atoms with van der Waals surface area (Å²) in [7, 11) is 2.92. The van der Waals surface area contributed by atoms with E-state index in [0.29, 0.717) is 26.7 Å². The van der Waals surface area contributed by atoms with Crippen molar-refractivity contribution in [3.05, 3.63) is 39.6 Å². The Bertz CT molecular complexity index is 762. The van der Waals surface area contributed by atoms with Crippen LogP contribution in [0.3, 0.4) is 0 Å². The second-order valence-corrected chi connectivity index (χ2v) is 5.87. The summed E-state index contributed by atoms with van der Waals surface area (Å²) in [5.41, 5.74) is 0.576. The van der Waals surface area contributed by atoms with Gasteiger partial charge in [-0.25, -0.2) is 4.79 Å². The number of esters is 1. The summed E-state index contributed by atoms with van der Waals surface area (Å²) in [5, 5.41) is 2.87. The van der Waals surface area contributed by atoms with Crippen LogP contribution < -0.4 is 14.8 Å². The second kappa shape index (κ2) is 8.07. The number of nitrogens with one attached hydrogen (secondary N) is 2. The number of rotatable bonds is 6. The van der Waals surface area contributed by atoms with Crippen LogP contribution in [0.5, 0.6) is 11.5 Å². The van der Waals surface area contributed by atoms with Crippen LogP contribution >= 0.6 is 27.5 Å². The number of benzene rings is 1. The third-order valence-electron chi connectivity index (χ3n) is 2.95. The van der Waals surface area contributed by atoms with Crippen molar-refractivity contribution in [2.75, 3.05) is 26.1 Å². The average Bonchev–Trinajstić information content (AvgIpc) is 2.99. The van der Waals surface area contributed by atoms with Crippen LogP contribution in [0, 0.1) is 0 Å². The van der Waals surface area contributed by atoms with E-state index < -0.39 is 18.5 Å². The zero-order chi connectivity index (χ0) is 17.7. The SMILES string of the molecule is COc1cc(OC)c(NC(=O)COC(=O)c2cc(Br)c[nH]2)cc1Cl. The molecule has 24 heavy (non-hydrogen) atoms. The van der Waals surface area contributed by atoms with Gasteiger partial charge >= 0.3 is 5.97 Å². The number of hydrogen-bond donors (Lipinski definition) is 2. The summed E-state index contributed by atoms with van der Waals surface area (Å²) in [4.78, 5) is 26.4. The molecule has 2 rings (SSSR count). The van der Waals surface area contributed by atoms with Gasteiger partial charge in [-0.1, -0.05) is 11.6 Å². The van der Waals surface area contributed by atoms with Crippen molar-refractivity contribution in [3.63, 3.8) is 0 Å². The van der Waals surface area contributed by atoms with E-state index in [9.17, 15) is 9.59 Å². The molecule has 0 fully saturated rings. The minimum absolute atomic E-state index is 0.236. The van der Waals surface area contributed by atoms with E-state index in [0.717, 1.165) is 0 Å². The summed E-state index contributed by atoms with van der Waals surface area (Å²) >= 11 is 9.23. The molecule has 0 radical (unpaired) electrons. The highest BCUT2D eigenvalue weighted by atomic mass is 79.9. The van der Waals surface area contributed by atoms with Gasteiger partial charge in [0.15, 0.2) is 6.61 Å². The quantitative estimate of drug-likeness (QED) is 0.704. The number of amides is 1. The standard InChI is InChI=1S/C15H14BrClN2O5/c1-22-12-5-13(23-2)10(4-9(12)17)19-14(20)7-24-15(21)11-3-8(16)6-18-11/h3-6,18H,7H2,1-2H3,(H,19,20). The number of aromatic amines is 1. The van der Waals surface area contributed by atoms with Crippen molar-refractivity contribution in [2.45, 2.75) is 0 Å². The number of carbonyl (C=O) groups excluding carboxylic acids is 2. The Morgan fingerprint density at radius 3 is 2.50 bits per heavy atom. The molecule has 0 unspecified atom stereocenters. The number of anilines is 1. The van der Waals surface area contributed by atoms with Crippen LogP contribution in [0.1, 0.15) is 10.5 Å². The molecular weight excluding hydrogens is 404 g/mol. The fourth-order valence-electron chi connectivity index (χ4n) is 1.84. The van der Waals surface area contributed by atoms with E-state index >= 15 is 0 Å². The first-order valence-corrected chi connectivity index (χ1v) is 7.84. The van der Waals surface area contributed by atoms with Gasteiger partial charge in [-0.2, -0.15) is 0 Å². The molecule has 0 bridgehead atoms. The van der Waals surface area contributed by atoms with Gasteiger partial charge in [0.1, 0.15) is 17.2 Å². The van der Waals surface area contributed by atoms with Gasteiger partial charge < -0.3 is 24.5 Å². The monoisotopic (exact) mass is 416 g/mol. The lowest BCUT2D eigenvalue weighted by Gasteiger charge is -2.13. The highest BCUT2D eigenvalue weighted by Gasteiger charge is 2.15. The molecule has 0 saturated carbocycles. The third kappa shape index (κ3) is 4.42. The van der Waals surface area contributed by atoms with Crippen molar-refractivity contribution < 1.29 is 23.8 Å². The van der Waals surface area contributed by atoms with E-state index in [1.807, 2.05) is 0 Å². The molecule has 0 aliphatic heterocycles. The third-order valence-corrected chi connectivity index (χ3v) is 3.70. The lowest BCUT2D eigenvalue weighted by atomic mass is 10.2. The van der Waals surface area contributed by atoms with Crippen molar-refractivity contribution in [3.8, 4) is 11.5 Å². The second-order valence-electron chi connectivity index (χ2n) is 4.54. The van der Waals surface area contributed by atoms with Crippen LogP contribution in [0.2, 0.25) is 5.02 Å². The Kier molecular flexibility index (Phi) is 6.10. The molecule has 2 N–H and O–H groups in total. The molecule has 1 aromatic heterocycles. The number of hydrogen-bond acceptors (Lipinski definition) is 5. The Hall–Kier alpha value is -2.19. The smallest absolute Gasteiger partial charge is 0.355 e. The molecule has 1 heterocycles. The summed E-state index contributed by atoms with van der Waals surface area (Å²) < 4.78 is 15.9. The number of aromatic nitrogens is 1. The van der Waals surface area contributed by atoms with Gasteiger partial charge in [0, 0.05) is 16.7 Å². The maximum Gasteiger partial charge on any atom is 0.355 e. The van der Waals surface area contributed by atoms with Crippen LogP contribution in [0.25, 0.3) is 0 Å². The van der Waals surface area contributed by atoms with E-state index in [2.05, 4.69) is 26.2 Å². The lowest BCUT2D eigenvalue weighted by molar-refractivity contribution is -0.119. The maximum atomic E-state index is 11.9. The summed E-state index contributed by atoms with van der Waals surface area (Å²) in [5.74, 6) is -0.399. The van der Waals surface area contributed by atoms with Crippen LogP contribution in [0.15, 0.2) is 28.9 Å². The lowest BCUT2D eigenvalue weighted by Crippen LogP contribution is -2.21. The molecule has 0 atom stereocenters. The first-order chi connectivity index (χ1) is 11.4. The molecular formula is C15H14BrClN2O5. The number of carbonyl (C=O) groups is 2. The number of ether oxygens (including phenoxy) is 3. The van der Waals surface area contributed by atoms with Crippen LogP contribution in [-0.2, 0) is 9.53 Å². The summed E-state index contributed by atoms with van der Waals surface area (Å²) in [6.45, 7) is -0.456. The number of methoxy groups -OCH3 is 2. The van der Waals surface area contributed by atoms with Gasteiger partial charge in [-0.05, 0) is 28.1 Å². The van der Waals surface area contributed by atoms with E-state index in [4.69, 9.17) is 25.8 Å². The Labute approximate surface area is 151 Å². The Morgan fingerprint density at radius 1 is 1.21 bits per heavy atom. The zero-order valence-corrected chi connectivity index (χ0v) is 15.2.